The molecule has 0 fully saturated rings. The topological polar surface area (TPSA) is 118 Å². The molecule has 0 aliphatic carbocycles. The highest BCUT2D eigenvalue weighted by Crippen LogP contribution is 2.37. The number of carbonyl (C=O) groups is 2. The molecule has 0 bridgehead atoms. The summed E-state index contributed by atoms with van der Waals surface area (Å²) in [6.45, 7) is 12.2. The van der Waals surface area contributed by atoms with Gasteiger partial charge in [-0.15, -0.1) is 0 Å². The molecule has 5 aromatic rings. The molecule has 0 saturated carbocycles. The minimum Gasteiger partial charge on any atom is -0.444 e. The van der Waals surface area contributed by atoms with Gasteiger partial charge >= 0.3 is 6.09 Å². The van der Waals surface area contributed by atoms with Crippen molar-refractivity contribution in [2.24, 2.45) is 0 Å². The molecule has 0 unspecified atom stereocenters. The molecule has 0 aliphatic rings. The Morgan fingerprint density at radius 1 is 0.915 bits per heavy atom. The van der Waals surface area contributed by atoms with Crippen LogP contribution < -0.4 is 16.0 Å². The fourth-order valence-electron chi connectivity index (χ4n) is 4.70. The van der Waals surface area contributed by atoms with E-state index in [0.29, 0.717) is 34.9 Å². The number of pyridine rings is 1. The Hall–Kier alpha value is -4.96. The zero-order valence-electron chi connectivity index (χ0n) is 27.5. The molecule has 0 saturated heterocycles. The van der Waals surface area contributed by atoms with Crippen molar-refractivity contribution in [1.29, 1.82) is 0 Å². The lowest BCUT2D eigenvalue weighted by Crippen LogP contribution is -2.27. The summed E-state index contributed by atoms with van der Waals surface area (Å²) >= 11 is 1.52. The van der Waals surface area contributed by atoms with Gasteiger partial charge in [0, 0.05) is 33.3 Å². The van der Waals surface area contributed by atoms with Gasteiger partial charge < -0.3 is 15.4 Å². The highest BCUT2D eigenvalue weighted by Gasteiger charge is 2.17. The van der Waals surface area contributed by atoms with Crippen molar-refractivity contribution in [3.63, 3.8) is 0 Å². The Morgan fingerprint density at radius 2 is 1.66 bits per heavy atom. The van der Waals surface area contributed by atoms with Crippen molar-refractivity contribution in [2.45, 2.75) is 69.3 Å². The van der Waals surface area contributed by atoms with Gasteiger partial charge in [0.2, 0.25) is 0 Å². The third-order valence-corrected chi connectivity index (χ3v) is 8.24. The van der Waals surface area contributed by atoms with Gasteiger partial charge in [-0.25, -0.2) is 19.7 Å². The number of aryl methyl sites for hydroxylation is 1. The van der Waals surface area contributed by atoms with Crippen LogP contribution in [0.5, 0.6) is 0 Å². The Balaban J connectivity index is 1.38. The molecule has 9 nitrogen and oxygen atoms in total. The fraction of sp³-hybridized carbons (Fsp3) is 0.270. The number of hydrogen-bond acceptors (Lipinski definition) is 8. The normalized spacial score (nSPS) is 11.4. The van der Waals surface area contributed by atoms with E-state index in [1.807, 2.05) is 75.4 Å². The summed E-state index contributed by atoms with van der Waals surface area (Å²) in [6, 6.07) is 25.4. The van der Waals surface area contributed by atoms with Crippen LogP contribution >= 0.6 is 11.8 Å². The number of anilines is 3. The van der Waals surface area contributed by atoms with Crippen molar-refractivity contribution in [1.82, 2.24) is 20.3 Å². The first-order chi connectivity index (χ1) is 22.4. The lowest BCUT2D eigenvalue weighted by atomic mass is 10.1. The number of nitrogens with one attached hydrogen (secondary N) is 3. The fourth-order valence-corrected chi connectivity index (χ4v) is 5.58. The summed E-state index contributed by atoms with van der Waals surface area (Å²) in [6.07, 6.45) is 1.72. The van der Waals surface area contributed by atoms with Crippen LogP contribution in [0.15, 0.2) is 95.0 Å². The Kier molecular flexibility index (Phi) is 10.4. The molecule has 0 atom stereocenters. The largest absolute Gasteiger partial charge is 0.444 e. The predicted molar refractivity (Wildman–Crippen MR) is 189 cm³/mol. The number of carbonyl (C=O) groups excluding carboxylic acids is 2. The summed E-state index contributed by atoms with van der Waals surface area (Å²) in [5, 5.41) is 10.1. The summed E-state index contributed by atoms with van der Waals surface area (Å²) < 4.78 is 5.36. The van der Waals surface area contributed by atoms with Gasteiger partial charge in [0.15, 0.2) is 5.65 Å². The molecular formula is C37H40N6O3S. The summed E-state index contributed by atoms with van der Waals surface area (Å²) in [7, 11) is 0. The van der Waals surface area contributed by atoms with E-state index in [2.05, 4.69) is 71.0 Å². The zero-order chi connectivity index (χ0) is 33.6. The van der Waals surface area contributed by atoms with Crippen LogP contribution in [-0.4, -0.2) is 39.1 Å². The second-order valence-electron chi connectivity index (χ2n) is 12.6. The first-order valence-corrected chi connectivity index (χ1v) is 16.4. The van der Waals surface area contributed by atoms with E-state index in [9.17, 15) is 9.59 Å². The number of aromatic nitrogens is 3. The van der Waals surface area contributed by atoms with Crippen molar-refractivity contribution >= 4 is 52.0 Å². The lowest BCUT2D eigenvalue weighted by molar-refractivity contribution is 0.0635. The molecule has 0 radical (unpaired) electrons. The van der Waals surface area contributed by atoms with E-state index in [4.69, 9.17) is 9.72 Å². The minimum absolute atomic E-state index is 0.162. The van der Waals surface area contributed by atoms with E-state index in [1.165, 1.54) is 29.2 Å². The molecule has 3 N–H and O–H groups in total. The lowest BCUT2D eigenvalue weighted by Gasteiger charge is -2.19. The summed E-state index contributed by atoms with van der Waals surface area (Å²) in [5.74, 6) is 0.694. The number of fused-ring (bicyclic) bond motifs is 1. The molecule has 3 aromatic carbocycles. The average Bonchev–Trinajstić information content (AvgIpc) is 3.02. The Bertz CT molecular complexity index is 1870. The quantitative estimate of drug-likeness (QED) is 0.138. The number of hydrogen-bond donors (Lipinski definition) is 3. The Morgan fingerprint density at radius 3 is 2.36 bits per heavy atom. The van der Waals surface area contributed by atoms with Gasteiger partial charge in [-0.2, -0.15) is 0 Å². The molecule has 0 aliphatic heterocycles. The molecule has 2 heterocycles. The molecule has 242 valence electrons. The van der Waals surface area contributed by atoms with Crippen LogP contribution in [0.4, 0.5) is 22.0 Å². The highest BCUT2D eigenvalue weighted by molar-refractivity contribution is 7.99. The number of rotatable bonds is 10. The number of benzene rings is 3. The number of ether oxygens (including phenoxy) is 1. The van der Waals surface area contributed by atoms with Crippen LogP contribution in [-0.2, 0) is 11.2 Å². The van der Waals surface area contributed by atoms with Crippen LogP contribution in [0.25, 0.3) is 11.0 Å². The third kappa shape index (κ3) is 9.29. The second-order valence-corrected chi connectivity index (χ2v) is 13.7. The Labute approximate surface area is 280 Å². The monoisotopic (exact) mass is 648 g/mol. The molecular weight excluding hydrogens is 609 g/mol. The molecule has 0 spiro atoms. The summed E-state index contributed by atoms with van der Waals surface area (Å²) in [5.41, 5.74) is 5.20. The maximum atomic E-state index is 13.3. The number of amides is 2. The van der Waals surface area contributed by atoms with E-state index in [-0.39, 0.29) is 11.8 Å². The zero-order valence-corrected chi connectivity index (χ0v) is 28.4. The maximum absolute atomic E-state index is 13.3. The minimum atomic E-state index is -0.588. The van der Waals surface area contributed by atoms with Crippen LogP contribution in [0.1, 0.15) is 67.7 Å². The first kappa shape index (κ1) is 33.4. The molecule has 47 heavy (non-hydrogen) atoms. The van der Waals surface area contributed by atoms with Crippen molar-refractivity contribution in [3.05, 3.63) is 108 Å². The third-order valence-electron chi connectivity index (χ3n) is 7.15. The highest BCUT2D eigenvalue weighted by atomic mass is 32.2. The van der Waals surface area contributed by atoms with Crippen molar-refractivity contribution < 1.29 is 14.3 Å². The number of nitrogens with zero attached hydrogens (tertiary/aromatic N) is 3. The van der Waals surface area contributed by atoms with E-state index in [0.717, 1.165) is 27.3 Å². The molecule has 2 amide bonds. The van der Waals surface area contributed by atoms with Gasteiger partial charge in [0.25, 0.3) is 5.91 Å². The van der Waals surface area contributed by atoms with Crippen LogP contribution in [0.3, 0.4) is 0 Å². The van der Waals surface area contributed by atoms with E-state index < -0.39 is 11.7 Å². The van der Waals surface area contributed by atoms with Gasteiger partial charge in [-0.1, -0.05) is 55.4 Å². The maximum Gasteiger partial charge on any atom is 0.412 e. The molecule has 5 rings (SSSR count). The van der Waals surface area contributed by atoms with Gasteiger partial charge in [0.05, 0.1) is 11.1 Å². The van der Waals surface area contributed by atoms with Crippen LogP contribution in [0, 0.1) is 6.92 Å². The van der Waals surface area contributed by atoms with Gasteiger partial charge in [-0.3, -0.25) is 10.1 Å². The van der Waals surface area contributed by atoms with E-state index in [1.54, 1.807) is 0 Å². The second kappa shape index (κ2) is 14.6. The van der Waals surface area contributed by atoms with Crippen LogP contribution in [0.2, 0.25) is 0 Å². The molecule has 2 aromatic heterocycles. The standard InChI is InChI=1S/C37H40N6O3S/c1-23(2)30-17-16-29-33(42-30)39-22-40-34(29)43-31-21-26(35(44)38-20-19-25-9-7-24(3)8-10-25)11-18-32(31)47-28-14-12-27(13-15-28)41-36(45)46-37(4,5)6/h7-18,21-23H,19-20H2,1-6H3,(H,38,44)(H,41,45)(H,39,40,42,43). The first-order valence-electron chi connectivity index (χ1n) is 15.6. The van der Waals surface area contributed by atoms with Gasteiger partial charge in [-0.05, 0) is 100 Å². The average molecular weight is 649 g/mol. The van der Waals surface area contributed by atoms with Crippen molar-refractivity contribution in [2.75, 3.05) is 17.2 Å². The van der Waals surface area contributed by atoms with Gasteiger partial charge in [0.1, 0.15) is 17.7 Å². The van der Waals surface area contributed by atoms with Crippen molar-refractivity contribution in [3.8, 4) is 0 Å². The predicted octanol–water partition coefficient (Wildman–Crippen LogP) is 8.67. The SMILES string of the molecule is Cc1ccc(CCNC(=O)c2ccc(Sc3ccc(NC(=O)OC(C)(C)C)cc3)c(Nc3ncnc4nc(C(C)C)ccc34)c2)cc1. The smallest absolute Gasteiger partial charge is 0.412 e. The molecule has 10 heteroatoms. The van der Waals surface area contributed by atoms with E-state index >= 15 is 0 Å². The summed E-state index contributed by atoms with van der Waals surface area (Å²) in [4.78, 5) is 41.0.